The molecule has 0 fully saturated rings. The molecule has 0 bridgehead atoms. The number of esters is 1. The molecule has 2 aromatic carbocycles. The van der Waals surface area contributed by atoms with Crippen molar-refractivity contribution < 1.29 is 14.6 Å². The second-order valence-corrected chi connectivity index (χ2v) is 6.79. The normalized spacial score (nSPS) is 11.7. The number of nitrogens with zero attached hydrogens (tertiary/aromatic N) is 2. The lowest BCUT2D eigenvalue weighted by Gasteiger charge is -2.15. The quantitative estimate of drug-likeness (QED) is 0.603. The zero-order chi connectivity index (χ0) is 21.0. The van der Waals surface area contributed by atoms with E-state index in [0.717, 1.165) is 15.8 Å². The Morgan fingerprint density at radius 3 is 2.76 bits per heavy atom. The molecule has 1 atom stereocenters. The zero-order valence-corrected chi connectivity index (χ0v) is 16.7. The van der Waals surface area contributed by atoms with Crippen molar-refractivity contribution in [2.75, 3.05) is 19.0 Å². The number of halogens is 1. The number of carbonyl (C=O) groups is 1. The molecule has 0 aliphatic heterocycles. The van der Waals surface area contributed by atoms with Crippen LogP contribution in [0.2, 0.25) is 5.02 Å². The van der Waals surface area contributed by atoms with Gasteiger partial charge in [0.15, 0.2) is 0 Å². The fourth-order valence-electron chi connectivity index (χ4n) is 2.87. The average molecular weight is 414 g/mol. The number of ether oxygens (including phenoxy) is 1. The van der Waals surface area contributed by atoms with Crippen LogP contribution in [0.25, 0.3) is 5.69 Å². The number of hydrogen-bond donors (Lipinski definition) is 2. The van der Waals surface area contributed by atoms with Crippen LogP contribution in [-0.2, 0) is 4.74 Å². The number of hydrogen-bond acceptors (Lipinski definition) is 6. The van der Waals surface area contributed by atoms with Crippen molar-refractivity contribution in [3.8, 4) is 5.69 Å². The highest BCUT2D eigenvalue weighted by molar-refractivity contribution is 6.33. The van der Waals surface area contributed by atoms with E-state index in [1.54, 1.807) is 18.2 Å². The number of anilines is 1. The van der Waals surface area contributed by atoms with Crippen molar-refractivity contribution in [2.24, 2.45) is 0 Å². The van der Waals surface area contributed by atoms with Crippen LogP contribution < -0.4 is 10.9 Å². The summed E-state index contributed by atoms with van der Waals surface area (Å²) in [5.74, 6) is -0.589. The molecule has 1 aromatic heterocycles. The summed E-state index contributed by atoms with van der Waals surface area (Å²) >= 11 is 6.24. The first-order valence-electron chi connectivity index (χ1n) is 8.86. The van der Waals surface area contributed by atoms with Gasteiger partial charge in [0.25, 0.3) is 5.56 Å². The molecular formula is C21H20ClN3O4. The van der Waals surface area contributed by atoms with Gasteiger partial charge in [0.05, 0.1) is 36.3 Å². The van der Waals surface area contributed by atoms with E-state index in [-0.39, 0.29) is 28.5 Å². The maximum atomic E-state index is 12.7. The van der Waals surface area contributed by atoms with E-state index in [1.165, 1.54) is 19.4 Å². The summed E-state index contributed by atoms with van der Waals surface area (Å²) in [6, 6.07) is 14.0. The number of carbonyl (C=O) groups excluding carboxylic acids is 1. The van der Waals surface area contributed by atoms with Gasteiger partial charge in [-0.1, -0.05) is 53.6 Å². The van der Waals surface area contributed by atoms with E-state index in [0.29, 0.717) is 0 Å². The number of aromatic nitrogens is 2. The Hall–Kier alpha value is -3.16. The number of methoxy groups -OCH3 is 1. The third-order valence-corrected chi connectivity index (χ3v) is 4.73. The number of aliphatic hydroxyl groups is 1. The summed E-state index contributed by atoms with van der Waals surface area (Å²) < 4.78 is 5.79. The van der Waals surface area contributed by atoms with Gasteiger partial charge < -0.3 is 15.2 Å². The number of aryl methyl sites for hydroxylation is 1. The molecule has 3 rings (SSSR count). The molecule has 150 valence electrons. The van der Waals surface area contributed by atoms with Crippen LogP contribution in [0.4, 0.5) is 5.69 Å². The van der Waals surface area contributed by atoms with Gasteiger partial charge in [0.1, 0.15) is 5.02 Å². The Morgan fingerprint density at radius 2 is 2.03 bits per heavy atom. The van der Waals surface area contributed by atoms with Gasteiger partial charge >= 0.3 is 5.97 Å². The minimum Gasteiger partial charge on any atom is -0.465 e. The second-order valence-electron chi connectivity index (χ2n) is 6.41. The van der Waals surface area contributed by atoms with E-state index in [4.69, 9.17) is 16.3 Å². The van der Waals surface area contributed by atoms with Crippen molar-refractivity contribution >= 4 is 23.3 Å². The number of benzene rings is 2. The molecule has 0 aliphatic rings. The number of rotatable bonds is 6. The molecule has 0 saturated carbocycles. The van der Waals surface area contributed by atoms with Crippen LogP contribution in [0.3, 0.4) is 0 Å². The minimum absolute atomic E-state index is 0.101. The predicted molar refractivity (Wildman–Crippen MR) is 111 cm³/mol. The van der Waals surface area contributed by atoms with Crippen LogP contribution in [0.15, 0.2) is 59.5 Å². The molecule has 0 radical (unpaired) electrons. The highest BCUT2D eigenvalue weighted by Crippen LogP contribution is 2.21. The first kappa shape index (κ1) is 20.6. The molecule has 29 heavy (non-hydrogen) atoms. The maximum absolute atomic E-state index is 12.7. The number of para-hydroxylation sites is 1. The van der Waals surface area contributed by atoms with E-state index in [2.05, 4.69) is 10.4 Å². The largest absolute Gasteiger partial charge is 0.465 e. The van der Waals surface area contributed by atoms with Gasteiger partial charge in [-0.2, -0.15) is 9.78 Å². The molecule has 2 N–H and O–H groups in total. The van der Waals surface area contributed by atoms with Gasteiger partial charge in [-0.25, -0.2) is 4.79 Å². The summed E-state index contributed by atoms with van der Waals surface area (Å²) in [5, 5.41) is 17.3. The lowest BCUT2D eigenvalue weighted by molar-refractivity contribution is 0.0600. The zero-order valence-electron chi connectivity index (χ0n) is 15.9. The van der Waals surface area contributed by atoms with Crippen molar-refractivity contribution in [3.63, 3.8) is 0 Å². The molecular weight excluding hydrogens is 394 g/mol. The Balaban J connectivity index is 1.86. The Bertz CT molecular complexity index is 1100. The summed E-state index contributed by atoms with van der Waals surface area (Å²) in [7, 11) is 1.26. The SMILES string of the molecule is COC(=O)c1ccccc1-n1ncc(NCC(O)c2cccc(C)c2)c(Cl)c1=O. The van der Waals surface area contributed by atoms with Crippen molar-refractivity contribution in [2.45, 2.75) is 13.0 Å². The Labute approximate surface area is 172 Å². The van der Waals surface area contributed by atoms with E-state index >= 15 is 0 Å². The highest BCUT2D eigenvalue weighted by Gasteiger charge is 2.17. The standard InChI is InChI=1S/C21H20ClN3O4/c1-13-6-5-7-14(10-13)18(26)12-23-16-11-24-25(20(27)19(16)22)17-9-4-3-8-15(17)21(28)29-2/h3-11,18,23,26H,12H2,1-2H3. The van der Waals surface area contributed by atoms with Gasteiger partial charge in [0.2, 0.25) is 0 Å². The first-order valence-corrected chi connectivity index (χ1v) is 9.24. The topological polar surface area (TPSA) is 93.5 Å². The highest BCUT2D eigenvalue weighted by atomic mass is 35.5. The van der Waals surface area contributed by atoms with Crippen LogP contribution >= 0.6 is 11.6 Å². The fourth-order valence-corrected chi connectivity index (χ4v) is 3.07. The molecule has 7 nitrogen and oxygen atoms in total. The lowest BCUT2D eigenvalue weighted by atomic mass is 10.1. The summed E-state index contributed by atoms with van der Waals surface area (Å²) in [6.07, 6.45) is 0.592. The van der Waals surface area contributed by atoms with Crippen molar-refractivity contribution in [3.05, 3.63) is 86.8 Å². The van der Waals surface area contributed by atoms with Crippen LogP contribution in [0.1, 0.15) is 27.6 Å². The lowest BCUT2D eigenvalue weighted by Crippen LogP contribution is -2.25. The average Bonchev–Trinajstić information content (AvgIpc) is 2.74. The van der Waals surface area contributed by atoms with Crippen LogP contribution in [0.5, 0.6) is 0 Å². The molecule has 3 aromatic rings. The maximum Gasteiger partial charge on any atom is 0.340 e. The van der Waals surface area contributed by atoms with E-state index < -0.39 is 17.6 Å². The molecule has 1 heterocycles. The van der Waals surface area contributed by atoms with Gasteiger partial charge in [-0.05, 0) is 24.6 Å². The molecule has 1 unspecified atom stereocenters. The molecule has 8 heteroatoms. The first-order chi connectivity index (χ1) is 13.9. The molecule has 0 saturated heterocycles. The number of nitrogens with one attached hydrogen (secondary N) is 1. The minimum atomic E-state index is -0.784. The van der Waals surface area contributed by atoms with Crippen LogP contribution in [-0.4, -0.2) is 34.5 Å². The van der Waals surface area contributed by atoms with Gasteiger partial charge in [-0.15, -0.1) is 0 Å². The fraction of sp³-hybridized carbons (Fsp3) is 0.190. The molecule has 0 amide bonds. The van der Waals surface area contributed by atoms with E-state index in [9.17, 15) is 14.7 Å². The summed E-state index contributed by atoms with van der Waals surface area (Å²) in [5.41, 5.74) is 1.93. The van der Waals surface area contributed by atoms with Crippen molar-refractivity contribution in [1.82, 2.24) is 9.78 Å². The van der Waals surface area contributed by atoms with Gasteiger partial charge in [0, 0.05) is 6.54 Å². The third-order valence-electron chi connectivity index (χ3n) is 4.37. The smallest absolute Gasteiger partial charge is 0.340 e. The van der Waals surface area contributed by atoms with Crippen molar-refractivity contribution in [1.29, 1.82) is 0 Å². The van der Waals surface area contributed by atoms with Gasteiger partial charge in [-0.3, -0.25) is 4.79 Å². The molecule has 0 spiro atoms. The second kappa shape index (κ2) is 8.89. The van der Waals surface area contributed by atoms with E-state index in [1.807, 2.05) is 31.2 Å². The molecule has 0 aliphatic carbocycles. The summed E-state index contributed by atoms with van der Waals surface area (Å²) in [6.45, 7) is 2.09. The van der Waals surface area contributed by atoms with Crippen LogP contribution in [0, 0.1) is 6.92 Å². The predicted octanol–water partition coefficient (Wildman–Crippen LogP) is 3.13. The number of aliphatic hydroxyl groups excluding tert-OH is 1. The Kier molecular flexibility index (Phi) is 6.31. The monoisotopic (exact) mass is 413 g/mol. The third kappa shape index (κ3) is 4.47. The Morgan fingerprint density at radius 1 is 1.28 bits per heavy atom. The summed E-state index contributed by atoms with van der Waals surface area (Å²) in [4.78, 5) is 24.7.